The second-order valence-electron chi connectivity index (χ2n) is 3.66. The highest BCUT2D eigenvalue weighted by Crippen LogP contribution is 2.29. The number of nitrogens with two attached hydrogens (primary N) is 1. The Balaban J connectivity index is 0.00000108. The van der Waals surface area contributed by atoms with Gasteiger partial charge in [-0.2, -0.15) is 0 Å². The zero-order valence-electron chi connectivity index (χ0n) is 9.23. The van der Waals surface area contributed by atoms with Crippen molar-refractivity contribution in [2.75, 3.05) is 12.8 Å². The highest BCUT2D eigenvalue weighted by atomic mass is 35.5. The van der Waals surface area contributed by atoms with Gasteiger partial charge >= 0.3 is 0 Å². The van der Waals surface area contributed by atoms with E-state index >= 15 is 0 Å². The Morgan fingerprint density at radius 3 is 2.82 bits per heavy atom. The van der Waals surface area contributed by atoms with Crippen LogP contribution in [-0.2, 0) is 0 Å². The zero-order valence-corrected chi connectivity index (χ0v) is 10.0. The monoisotopic (exact) mass is 249 g/mol. The Morgan fingerprint density at radius 2 is 2.06 bits per heavy atom. The lowest BCUT2D eigenvalue weighted by molar-refractivity contribution is 0.415. The number of rotatable bonds is 1. The van der Waals surface area contributed by atoms with E-state index in [1.165, 1.54) is 0 Å². The largest absolute Gasteiger partial charge is 0.497 e. The first kappa shape index (κ1) is 11.5. The number of aromatic nitrogens is 2. The molecule has 4 nitrogen and oxygen atoms in total. The third-order valence-corrected chi connectivity index (χ3v) is 2.76. The second kappa shape index (κ2) is 4.14. The molecule has 3 aromatic rings. The van der Waals surface area contributed by atoms with Crippen molar-refractivity contribution in [2.45, 2.75) is 0 Å². The molecule has 1 aromatic carbocycles. The van der Waals surface area contributed by atoms with Crippen molar-refractivity contribution >= 4 is 40.0 Å². The Bertz CT molecular complexity index is 678. The molecule has 2 aromatic heterocycles. The van der Waals surface area contributed by atoms with Crippen molar-refractivity contribution in [2.24, 2.45) is 0 Å². The third-order valence-electron chi connectivity index (χ3n) is 2.76. The maximum Gasteiger partial charge on any atom is 0.147 e. The number of hydrogen-bond donors (Lipinski definition) is 2. The van der Waals surface area contributed by atoms with Crippen LogP contribution in [0.25, 0.3) is 21.8 Å². The second-order valence-corrected chi connectivity index (χ2v) is 3.66. The average molecular weight is 250 g/mol. The number of pyridine rings is 1. The summed E-state index contributed by atoms with van der Waals surface area (Å²) in [4.78, 5) is 7.31. The van der Waals surface area contributed by atoms with Gasteiger partial charge in [-0.25, -0.2) is 4.98 Å². The maximum absolute atomic E-state index is 5.82. The minimum atomic E-state index is 0. The molecule has 88 valence electrons. The molecule has 0 atom stereocenters. The van der Waals surface area contributed by atoms with Crippen molar-refractivity contribution in [1.29, 1.82) is 0 Å². The van der Waals surface area contributed by atoms with Crippen LogP contribution in [0.1, 0.15) is 0 Å². The van der Waals surface area contributed by atoms with Gasteiger partial charge in [0.15, 0.2) is 0 Å². The van der Waals surface area contributed by atoms with Crippen molar-refractivity contribution < 1.29 is 4.74 Å². The van der Waals surface area contributed by atoms with E-state index < -0.39 is 0 Å². The van der Waals surface area contributed by atoms with Crippen LogP contribution in [-0.4, -0.2) is 17.1 Å². The summed E-state index contributed by atoms with van der Waals surface area (Å²) < 4.78 is 5.18. The fourth-order valence-electron chi connectivity index (χ4n) is 1.96. The van der Waals surface area contributed by atoms with Crippen molar-refractivity contribution in [3.63, 3.8) is 0 Å². The van der Waals surface area contributed by atoms with E-state index in [0.717, 1.165) is 27.6 Å². The first-order chi connectivity index (χ1) is 7.79. The van der Waals surface area contributed by atoms with Crippen LogP contribution < -0.4 is 10.5 Å². The lowest BCUT2D eigenvalue weighted by Crippen LogP contribution is -1.89. The Hall–Kier alpha value is -1.94. The quantitative estimate of drug-likeness (QED) is 0.697. The number of ether oxygens (including phenoxy) is 1. The summed E-state index contributed by atoms with van der Waals surface area (Å²) in [6.07, 6.45) is 1.72. The zero-order chi connectivity index (χ0) is 11.1. The normalized spacial score (nSPS) is 10.4. The molecule has 0 aliphatic rings. The van der Waals surface area contributed by atoms with Gasteiger partial charge in [0, 0.05) is 23.0 Å². The van der Waals surface area contributed by atoms with Gasteiger partial charge in [0.1, 0.15) is 11.6 Å². The van der Waals surface area contributed by atoms with Crippen molar-refractivity contribution in [3.05, 3.63) is 30.5 Å². The van der Waals surface area contributed by atoms with Crippen LogP contribution in [0.3, 0.4) is 0 Å². The third kappa shape index (κ3) is 1.66. The minimum Gasteiger partial charge on any atom is -0.497 e. The van der Waals surface area contributed by atoms with Gasteiger partial charge in [-0.05, 0) is 18.2 Å². The lowest BCUT2D eigenvalue weighted by atomic mass is 10.2. The summed E-state index contributed by atoms with van der Waals surface area (Å²) in [5, 5.41) is 2.22. The van der Waals surface area contributed by atoms with Crippen LogP contribution in [0, 0.1) is 0 Å². The highest BCUT2D eigenvalue weighted by Gasteiger charge is 2.07. The number of nitrogens with one attached hydrogen (secondary N) is 1. The van der Waals surface area contributed by atoms with E-state index in [9.17, 15) is 0 Å². The van der Waals surface area contributed by atoms with Gasteiger partial charge in [0.25, 0.3) is 0 Å². The van der Waals surface area contributed by atoms with Crippen LogP contribution >= 0.6 is 12.4 Å². The molecular formula is C12H12ClN3O. The molecule has 17 heavy (non-hydrogen) atoms. The molecule has 0 aliphatic carbocycles. The number of nitrogen functional groups attached to an aromatic ring is 1. The summed E-state index contributed by atoms with van der Waals surface area (Å²) in [7, 11) is 1.65. The first-order valence-corrected chi connectivity index (χ1v) is 4.99. The summed E-state index contributed by atoms with van der Waals surface area (Å²) >= 11 is 0. The average Bonchev–Trinajstić information content (AvgIpc) is 2.68. The first-order valence-electron chi connectivity index (χ1n) is 4.99. The van der Waals surface area contributed by atoms with Crippen molar-refractivity contribution in [3.8, 4) is 5.75 Å². The molecule has 0 bridgehead atoms. The molecule has 5 heteroatoms. The predicted octanol–water partition coefficient (Wildman–Crippen LogP) is 2.73. The van der Waals surface area contributed by atoms with E-state index in [1.54, 1.807) is 13.3 Å². The molecule has 3 N–H and O–H groups in total. The van der Waals surface area contributed by atoms with Gasteiger partial charge in [0.05, 0.1) is 18.1 Å². The van der Waals surface area contributed by atoms with E-state index in [1.807, 2.05) is 24.3 Å². The van der Waals surface area contributed by atoms with Crippen LogP contribution in [0.5, 0.6) is 5.75 Å². The fourth-order valence-corrected chi connectivity index (χ4v) is 1.96. The SMILES string of the molecule is COc1ccc2c(c1)[nH]c1c(N)nccc12.Cl. The van der Waals surface area contributed by atoms with Crippen LogP contribution in [0.2, 0.25) is 0 Å². The number of benzene rings is 1. The van der Waals surface area contributed by atoms with Gasteiger partial charge in [-0.1, -0.05) is 0 Å². The number of H-pyrrole nitrogens is 1. The summed E-state index contributed by atoms with van der Waals surface area (Å²) in [5.74, 6) is 1.35. The summed E-state index contributed by atoms with van der Waals surface area (Å²) in [6, 6.07) is 7.87. The fraction of sp³-hybridized carbons (Fsp3) is 0.0833. The standard InChI is InChI=1S/C12H11N3O.ClH/c1-16-7-2-3-8-9-4-5-14-12(13)11(9)15-10(8)6-7;/h2-6,15H,1H3,(H2,13,14);1H. The van der Waals surface area contributed by atoms with Crippen molar-refractivity contribution in [1.82, 2.24) is 9.97 Å². The van der Waals surface area contributed by atoms with Crippen LogP contribution in [0.15, 0.2) is 30.5 Å². The molecule has 0 saturated carbocycles. The molecule has 0 fully saturated rings. The van der Waals surface area contributed by atoms with E-state index in [2.05, 4.69) is 9.97 Å². The molecule has 0 amide bonds. The van der Waals surface area contributed by atoms with Gasteiger partial charge in [-0.15, -0.1) is 12.4 Å². The molecule has 0 saturated heterocycles. The maximum atomic E-state index is 5.82. The van der Waals surface area contributed by atoms with Gasteiger partial charge < -0.3 is 15.5 Å². The van der Waals surface area contributed by atoms with Crippen LogP contribution in [0.4, 0.5) is 5.82 Å². The summed E-state index contributed by atoms with van der Waals surface area (Å²) in [5.41, 5.74) is 7.71. The predicted molar refractivity (Wildman–Crippen MR) is 71.8 cm³/mol. The van der Waals surface area contributed by atoms with E-state index in [4.69, 9.17) is 10.5 Å². The molecule has 0 radical (unpaired) electrons. The highest BCUT2D eigenvalue weighted by molar-refractivity contribution is 6.10. The Morgan fingerprint density at radius 1 is 1.24 bits per heavy atom. The molecule has 0 aliphatic heterocycles. The Kier molecular flexibility index (Phi) is 2.81. The smallest absolute Gasteiger partial charge is 0.147 e. The molecule has 2 heterocycles. The number of anilines is 1. The number of halogens is 1. The van der Waals surface area contributed by atoms with E-state index in [0.29, 0.717) is 5.82 Å². The number of methoxy groups -OCH3 is 1. The topological polar surface area (TPSA) is 63.9 Å². The lowest BCUT2D eigenvalue weighted by Gasteiger charge is -1.98. The Labute approximate surface area is 104 Å². The summed E-state index contributed by atoms with van der Waals surface area (Å²) in [6.45, 7) is 0. The molecule has 3 rings (SSSR count). The molecular weight excluding hydrogens is 238 g/mol. The van der Waals surface area contributed by atoms with Gasteiger partial charge in [-0.3, -0.25) is 0 Å². The molecule has 0 spiro atoms. The molecule has 0 unspecified atom stereocenters. The van der Waals surface area contributed by atoms with Gasteiger partial charge in [0.2, 0.25) is 0 Å². The number of nitrogens with zero attached hydrogens (tertiary/aromatic N) is 1. The number of aromatic amines is 1. The number of fused-ring (bicyclic) bond motifs is 3. The minimum absolute atomic E-state index is 0. The number of hydrogen-bond acceptors (Lipinski definition) is 3. The van der Waals surface area contributed by atoms with E-state index in [-0.39, 0.29) is 12.4 Å².